The van der Waals surface area contributed by atoms with Gasteiger partial charge >= 0.3 is 0 Å². The third-order valence-corrected chi connectivity index (χ3v) is 5.76. The lowest BCUT2D eigenvalue weighted by atomic mass is 9.88. The molecule has 0 heterocycles. The molecule has 0 aliphatic heterocycles. The second-order valence-corrected chi connectivity index (χ2v) is 7.81. The van der Waals surface area contributed by atoms with Crippen molar-refractivity contribution in [2.24, 2.45) is 0 Å². The molecule has 36 heavy (non-hydrogen) atoms. The number of carbonyl (C=O) groups is 3. The molecule has 6 heteroatoms. The van der Waals surface area contributed by atoms with Gasteiger partial charge in [-0.15, -0.1) is 0 Å². The topological polar surface area (TPSA) is 78.9 Å². The van der Waals surface area contributed by atoms with Crippen LogP contribution in [0, 0.1) is 0 Å². The van der Waals surface area contributed by atoms with Crippen LogP contribution in [0.25, 0.3) is 0 Å². The monoisotopic (exact) mass is 480 g/mol. The molecule has 0 saturated carbocycles. The molecule has 0 fully saturated rings. The maximum Gasteiger partial charge on any atom is 0.200 e. The summed E-state index contributed by atoms with van der Waals surface area (Å²) in [7, 11) is 4.07. The molecule has 4 aromatic carbocycles. The van der Waals surface area contributed by atoms with Crippen LogP contribution < -0.4 is 14.2 Å². The van der Waals surface area contributed by atoms with E-state index in [0.717, 1.165) is 0 Å². The smallest absolute Gasteiger partial charge is 0.200 e. The highest BCUT2D eigenvalue weighted by atomic mass is 16.5. The summed E-state index contributed by atoms with van der Waals surface area (Å²) < 4.78 is 17.0. The zero-order valence-electron chi connectivity index (χ0n) is 20.1. The number of benzene rings is 4. The molecule has 0 aliphatic rings. The van der Waals surface area contributed by atoms with Crippen LogP contribution >= 0.6 is 0 Å². The van der Waals surface area contributed by atoms with E-state index in [4.69, 9.17) is 14.2 Å². The standard InChI is InChI=1S/C30H24O6/c1-34-28-22(25(31)19-13-7-4-8-14-19)29(35-2)24(27(33)21-17-11-6-12-18-21)30(36-3)23(28)26(32)20-15-9-5-10-16-20/h4-18H,1-3H3. The fourth-order valence-electron chi connectivity index (χ4n) is 4.12. The van der Waals surface area contributed by atoms with E-state index in [-0.39, 0.29) is 33.9 Å². The van der Waals surface area contributed by atoms with Crippen molar-refractivity contribution in [1.82, 2.24) is 0 Å². The predicted octanol–water partition coefficient (Wildman–Crippen LogP) is 5.41. The van der Waals surface area contributed by atoms with Gasteiger partial charge in [0.1, 0.15) is 33.9 Å². The van der Waals surface area contributed by atoms with Crippen molar-refractivity contribution in [3.63, 3.8) is 0 Å². The second-order valence-electron chi connectivity index (χ2n) is 7.81. The number of hydrogen-bond acceptors (Lipinski definition) is 6. The SMILES string of the molecule is COc1c(C(=O)c2ccccc2)c(OC)c(C(=O)c2ccccc2)c(OC)c1C(=O)c1ccccc1. The lowest BCUT2D eigenvalue weighted by molar-refractivity contribution is 0.102. The Morgan fingerprint density at radius 1 is 0.417 bits per heavy atom. The van der Waals surface area contributed by atoms with Crippen LogP contribution in [-0.4, -0.2) is 38.7 Å². The van der Waals surface area contributed by atoms with Crippen LogP contribution in [-0.2, 0) is 0 Å². The van der Waals surface area contributed by atoms with Crippen LogP contribution in [0.3, 0.4) is 0 Å². The maximum absolute atomic E-state index is 13.8. The van der Waals surface area contributed by atoms with Crippen molar-refractivity contribution in [3.05, 3.63) is 124 Å². The molecule has 0 N–H and O–H groups in total. The number of ether oxygens (including phenoxy) is 3. The molecule has 180 valence electrons. The first-order chi connectivity index (χ1) is 17.5. The summed E-state index contributed by atoms with van der Waals surface area (Å²) in [4.78, 5) is 41.4. The fraction of sp³-hybridized carbons (Fsp3) is 0.100. The van der Waals surface area contributed by atoms with Crippen LogP contribution in [0.15, 0.2) is 91.0 Å². The summed E-state index contributed by atoms with van der Waals surface area (Å²) in [5.74, 6) is -1.48. The zero-order valence-corrected chi connectivity index (χ0v) is 20.1. The zero-order chi connectivity index (χ0) is 25.7. The number of rotatable bonds is 9. The van der Waals surface area contributed by atoms with Crippen molar-refractivity contribution >= 4 is 17.3 Å². The van der Waals surface area contributed by atoms with Gasteiger partial charge in [0.05, 0.1) is 21.3 Å². The molecule has 4 rings (SSSR count). The summed E-state index contributed by atoms with van der Waals surface area (Å²) in [5, 5.41) is 0. The molecule has 0 radical (unpaired) electrons. The molecule has 0 aromatic heterocycles. The number of carbonyl (C=O) groups excluding carboxylic acids is 3. The third-order valence-electron chi connectivity index (χ3n) is 5.76. The number of ketones is 3. The molecule has 6 nitrogen and oxygen atoms in total. The number of methoxy groups -OCH3 is 3. The molecular formula is C30H24O6. The maximum atomic E-state index is 13.8. The minimum Gasteiger partial charge on any atom is -0.495 e. The quantitative estimate of drug-likeness (QED) is 0.298. The average Bonchev–Trinajstić information content (AvgIpc) is 2.95. The first-order valence-corrected chi connectivity index (χ1v) is 11.2. The Labute approximate surface area is 209 Å². The van der Waals surface area contributed by atoms with Gasteiger partial charge in [0, 0.05) is 16.7 Å². The molecule has 0 atom stereocenters. The minimum absolute atomic E-state index is 0.0315. The second kappa shape index (κ2) is 10.7. The van der Waals surface area contributed by atoms with Crippen molar-refractivity contribution in [3.8, 4) is 17.2 Å². The van der Waals surface area contributed by atoms with Crippen LogP contribution in [0.5, 0.6) is 17.2 Å². The van der Waals surface area contributed by atoms with E-state index in [1.165, 1.54) is 21.3 Å². The van der Waals surface area contributed by atoms with Gasteiger partial charge in [-0.3, -0.25) is 14.4 Å². The lowest BCUT2D eigenvalue weighted by Crippen LogP contribution is -2.18. The Hall–Kier alpha value is -4.71. The summed E-state index contributed by atoms with van der Waals surface area (Å²) in [6, 6.07) is 25.6. The van der Waals surface area contributed by atoms with Crippen molar-refractivity contribution in [2.45, 2.75) is 0 Å². The summed E-state index contributed by atoms with van der Waals surface area (Å²) >= 11 is 0. The number of hydrogen-bond donors (Lipinski definition) is 0. The van der Waals surface area contributed by atoms with Crippen molar-refractivity contribution < 1.29 is 28.6 Å². The third kappa shape index (κ3) is 4.36. The Bertz CT molecular complexity index is 1210. The van der Waals surface area contributed by atoms with Gasteiger partial charge in [-0.1, -0.05) is 91.0 Å². The Balaban J connectivity index is 2.13. The average molecular weight is 481 g/mol. The minimum atomic E-state index is -0.462. The molecule has 0 amide bonds. The highest BCUT2D eigenvalue weighted by molar-refractivity contribution is 6.24. The molecule has 4 aromatic rings. The van der Waals surface area contributed by atoms with E-state index in [1.54, 1.807) is 91.0 Å². The lowest BCUT2D eigenvalue weighted by Gasteiger charge is -2.22. The van der Waals surface area contributed by atoms with E-state index in [0.29, 0.717) is 16.7 Å². The normalized spacial score (nSPS) is 10.4. The van der Waals surface area contributed by atoms with Gasteiger partial charge in [0.2, 0.25) is 17.3 Å². The highest BCUT2D eigenvalue weighted by Gasteiger charge is 2.36. The van der Waals surface area contributed by atoms with Gasteiger partial charge in [-0.25, -0.2) is 0 Å². The van der Waals surface area contributed by atoms with E-state index in [9.17, 15) is 14.4 Å². The Morgan fingerprint density at radius 2 is 0.639 bits per heavy atom. The van der Waals surface area contributed by atoms with Gasteiger partial charge < -0.3 is 14.2 Å². The first kappa shape index (κ1) is 24.4. The van der Waals surface area contributed by atoms with Crippen LogP contribution in [0.1, 0.15) is 47.8 Å². The molecule has 0 saturated heterocycles. The van der Waals surface area contributed by atoms with Gasteiger partial charge in [-0.05, 0) is 0 Å². The van der Waals surface area contributed by atoms with E-state index in [1.807, 2.05) is 0 Å². The van der Waals surface area contributed by atoms with Gasteiger partial charge in [0.15, 0.2) is 0 Å². The Kier molecular flexibility index (Phi) is 7.25. The van der Waals surface area contributed by atoms with Crippen molar-refractivity contribution in [2.75, 3.05) is 21.3 Å². The fourth-order valence-corrected chi connectivity index (χ4v) is 4.12. The van der Waals surface area contributed by atoms with E-state index >= 15 is 0 Å². The van der Waals surface area contributed by atoms with Crippen LogP contribution in [0.2, 0.25) is 0 Å². The van der Waals surface area contributed by atoms with Gasteiger partial charge in [0.25, 0.3) is 0 Å². The van der Waals surface area contributed by atoms with Gasteiger partial charge in [-0.2, -0.15) is 0 Å². The predicted molar refractivity (Wildman–Crippen MR) is 136 cm³/mol. The summed E-state index contributed by atoms with van der Waals surface area (Å²) in [5.41, 5.74) is 0.920. The largest absolute Gasteiger partial charge is 0.495 e. The molecule has 0 aliphatic carbocycles. The first-order valence-electron chi connectivity index (χ1n) is 11.2. The van der Waals surface area contributed by atoms with Crippen LogP contribution in [0.4, 0.5) is 0 Å². The summed E-state index contributed by atoms with van der Waals surface area (Å²) in [6.45, 7) is 0. The highest BCUT2D eigenvalue weighted by Crippen LogP contribution is 2.46. The Morgan fingerprint density at radius 3 is 0.833 bits per heavy atom. The molecule has 0 bridgehead atoms. The van der Waals surface area contributed by atoms with E-state index < -0.39 is 17.3 Å². The molecule has 0 spiro atoms. The summed E-state index contributed by atoms with van der Waals surface area (Å²) in [6.07, 6.45) is 0. The molecular weight excluding hydrogens is 456 g/mol. The molecule has 0 unspecified atom stereocenters. The van der Waals surface area contributed by atoms with E-state index in [2.05, 4.69) is 0 Å². The van der Waals surface area contributed by atoms with Crippen molar-refractivity contribution in [1.29, 1.82) is 0 Å².